The number of carboxylic acid groups (broad SMARTS) is 1. The van der Waals surface area contributed by atoms with Gasteiger partial charge in [-0.1, -0.05) is 32.0 Å². The van der Waals surface area contributed by atoms with Crippen molar-refractivity contribution in [2.24, 2.45) is 0 Å². The van der Waals surface area contributed by atoms with Crippen molar-refractivity contribution >= 4 is 18.4 Å². The third-order valence-corrected chi connectivity index (χ3v) is 4.22. The lowest BCUT2D eigenvalue weighted by atomic mass is 9.84. The highest BCUT2D eigenvalue weighted by molar-refractivity contribution is 5.88. The molecular weight excluding hydrogens is 286 g/mol. The summed E-state index contributed by atoms with van der Waals surface area (Å²) in [4.78, 5) is 13.8. The highest BCUT2D eigenvalue weighted by Gasteiger charge is 2.25. The van der Waals surface area contributed by atoms with Gasteiger partial charge in [-0.15, -0.1) is 12.4 Å². The van der Waals surface area contributed by atoms with E-state index in [9.17, 15) is 9.90 Å². The number of hydrogen-bond donors (Lipinski definition) is 0. The molecule has 0 heterocycles. The molecule has 0 fully saturated rings. The van der Waals surface area contributed by atoms with Crippen LogP contribution in [0.3, 0.4) is 0 Å². The van der Waals surface area contributed by atoms with E-state index in [1.54, 1.807) is 6.07 Å². The summed E-state index contributed by atoms with van der Waals surface area (Å²) in [6.45, 7) is 6.60. The Morgan fingerprint density at radius 1 is 1.29 bits per heavy atom. The van der Waals surface area contributed by atoms with Crippen LogP contribution in [0.2, 0.25) is 0 Å². The minimum Gasteiger partial charge on any atom is -0.545 e. The lowest BCUT2D eigenvalue weighted by Gasteiger charge is -2.36. The van der Waals surface area contributed by atoms with Gasteiger partial charge in [0.05, 0.1) is 5.97 Å². The largest absolute Gasteiger partial charge is 0.545 e. The average molecular weight is 311 g/mol. The quantitative estimate of drug-likeness (QED) is 0.810. The summed E-state index contributed by atoms with van der Waals surface area (Å²) in [5.41, 5.74) is 2.58. The number of carbonyl (C=O) groups is 1. The second-order valence-corrected chi connectivity index (χ2v) is 5.66. The molecule has 1 aliphatic carbocycles. The topological polar surface area (TPSA) is 43.4 Å². The van der Waals surface area contributed by atoms with E-state index in [1.165, 1.54) is 5.56 Å². The number of halogens is 1. The highest BCUT2D eigenvalue weighted by atomic mass is 35.5. The average Bonchev–Trinajstić information content (AvgIpc) is 2.45. The van der Waals surface area contributed by atoms with Gasteiger partial charge in [0.15, 0.2) is 0 Å². The molecule has 118 valence electrons. The molecule has 1 aliphatic rings. The number of carbonyl (C=O) groups excluding carboxylic acids is 1. The number of rotatable bonds is 6. The molecule has 0 saturated heterocycles. The fraction of sp³-hybridized carbons (Fsp3) is 0.588. The van der Waals surface area contributed by atoms with Crippen LogP contribution in [-0.2, 0) is 12.8 Å². The van der Waals surface area contributed by atoms with Crippen LogP contribution in [0.5, 0.6) is 0 Å². The van der Waals surface area contributed by atoms with Gasteiger partial charge in [-0.25, -0.2) is 0 Å². The summed E-state index contributed by atoms with van der Waals surface area (Å²) in [5, 5.41) is 11.3. The molecule has 0 aliphatic heterocycles. The minimum atomic E-state index is -1.04. The second kappa shape index (κ2) is 8.40. The van der Waals surface area contributed by atoms with Crippen LogP contribution in [0.4, 0.5) is 0 Å². The Morgan fingerprint density at radius 3 is 2.52 bits per heavy atom. The molecule has 1 unspecified atom stereocenters. The maximum absolute atomic E-state index is 11.3. The first-order chi connectivity index (χ1) is 9.67. The normalized spacial score (nSPS) is 17.2. The van der Waals surface area contributed by atoms with E-state index < -0.39 is 5.97 Å². The van der Waals surface area contributed by atoms with Gasteiger partial charge >= 0.3 is 0 Å². The summed E-state index contributed by atoms with van der Waals surface area (Å²) < 4.78 is 0. The second-order valence-electron chi connectivity index (χ2n) is 5.66. The van der Waals surface area contributed by atoms with E-state index in [0.29, 0.717) is 11.6 Å². The molecule has 0 N–H and O–H groups in total. The number of nitrogens with zero attached hydrogens (tertiary/aromatic N) is 1. The number of aromatic carboxylic acids is 1. The fourth-order valence-corrected chi connectivity index (χ4v) is 3.32. The predicted octanol–water partition coefficient (Wildman–Crippen LogP) is 2.45. The van der Waals surface area contributed by atoms with Crippen molar-refractivity contribution in [1.29, 1.82) is 0 Å². The molecule has 0 saturated carbocycles. The van der Waals surface area contributed by atoms with Crippen molar-refractivity contribution in [3.05, 3.63) is 34.9 Å². The molecular formula is C17H25ClNO2-. The summed E-state index contributed by atoms with van der Waals surface area (Å²) in [6, 6.07) is 6.05. The maximum Gasteiger partial charge on any atom is 0.0718 e. The monoisotopic (exact) mass is 310 g/mol. The smallest absolute Gasteiger partial charge is 0.0718 e. The number of benzene rings is 1. The lowest BCUT2D eigenvalue weighted by molar-refractivity contribution is -0.255. The minimum absolute atomic E-state index is 0. The third-order valence-electron chi connectivity index (χ3n) is 4.22. The SMILES string of the molecule is CCCN(CCC)C1CCc2cccc(C(=O)[O-])c2C1.Cl. The molecule has 1 aromatic rings. The van der Waals surface area contributed by atoms with Gasteiger partial charge in [0.1, 0.15) is 0 Å². The fourth-order valence-electron chi connectivity index (χ4n) is 3.32. The Labute approximate surface area is 133 Å². The predicted molar refractivity (Wildman–Crippen MR) is 86.0 cm³/mol. The number of hydrogen-bond acceptors (Lipinski definition) is 3. The lowest BCUT2D eigenvalue weighted by Crippen LogP contribution is -2.41. The van der Waals surface area contributed by atoms with Gasteiger partial charge in [-0.2, -0.15) is 0 Å². The molecule has 0 spiro atoms. The maximum atomic E-state index is 11.3. The molecule has 0 radical (unpaired) electrons. The van der Waals surface area contributed by atoms with Crippen molar-refractivity contribution in [2.45, 2.75) is 52.0 Å². The van der Waals surface area contributed by atoms with Crippen LogP contribution in [-0.4, -0.2) is 30.0 Å². The van der Waals surface area contributed by atoms with Crippen molar-refractivity contribution in [1.82, 2.24) is 4.90 Å². The molecule has 1 aromatic carbocycles. The van der Waals surface area contributed by atoms with Crippen molar-refractivity contribution in [3.63, 3.8) is 0 Å². The van der Waals surface area contributed by atoms with Crippen LogP contribution in [0.25, 0.3) is 0 Å². The standard InChI is InChI=1S/C17H25NO2.ClH/c1-3-10-18(11-4-2)14-9-8-13-6-5-7-15(17(19)20)16(13)12-14;/h5-7,14H,3-4,8-12H2,1-2H3,(H,19,20);1H/p-1. The Morgan fingerprint density at radius 2 is 1.95 bits per heavy atom. The van der Waals surface area contributed by atoms with Crippen LogP contribution in [0.1, 0.15) is 54.6 Å². The number of aryl methyl sites for hydroxylation is 1. The van der Waals surface area contributed by atoms with Gasteiger partial charge in [0, 0.05) is 11.6 Å². The first-order valence-electron chi connectivity index (χ1n) is 7.73. The van der Waals surface area contributed by atoms with E-state index in [-0.39, 0.29) is 12.4 Å². The van der Waals surface area contributed by atoms with Gasteiger partial charge < -0.3 is 14.8 Å². The van der Waals surface area contributed by atoms with Gasteiger partial charge in [0.25, 0.3) is 0 Å². The van der Waals surface area contributed by atoms with E-state index in [1.807, 2.05) is 6.07 Å². The Hall–Kier alpha value is -1.06. The molecule has 4 heteroatoms. The van der Waals surface area contributed by atoms with Gasteiger partial charge in [-0.05, 0) is 56.3 Å². The zero-order valence-electron chi connectivity index (χ0n) is 12.9. The van der Waals surface area contributed by atoms with E-state index >= 15 is 0 Å². The van der Waals surface area contributed by atoms with E-state index in [4.69, 9.17) is 0 Å². The molecule has 3 nitrogen and oxygen atoms in total. The molecule has 21 heavy (non-hydrogen) atoms. The molecule has 0 bridgehead atoms. The van der Waals surface area contributed by atoms with Crippen LogP contribution >= 0.6 is 12.4 Å². The first kappa shape index (κ1) is 18.0. The Kier molecular flexibility index (Phi) is 7.20. The molecule has 1 atom stereocenters. The summed E-state index contributed by atoms with van der Waals surface area (Å²) in [7, 11) is 0. The van der Waals surface area contributed by atoms with Crippen LogP contribution < -0.4 is 5.11 Å². The van der Waals surface area contributed by atoms with Crippen molar-refractivity contribution in [3.8, 4) is 0 Å². The van der Waals surface area contributed by atoms with Gasteiger partial charge in [0.2, 0.25) is 0 Å². The van der Waals surface area contributed by atoms with E-state index in [2.05, 4.69) is 24.8 Å². The van der Waals surface area contributed by atoms with Crippen molar-refractivity contribution in [2.75, 3.05) is 13.1 Å². The molecule has 2 rings (SSSR count). The highest BCUT2D eigenvalue weighted by Crippen LogP contribution is 2.27. The number of fused-ring (bicyclic) bond motifs is 1. The number of carboxylic acids is 1. The summed E-state index contributed by atoms with van der Waals surface area (Å²) in [5.74, 6) is -1.04. The summed E-state index contributed by atoms with van der Waals surface area (Å²) in [6.07, 6.45) is 5.24. The molecule has 0 amide bonds. The Balaban J connectivity index is 0.00000220. The first-order valence-corrected chi connectivity index (χ1v) is 7.73. The van der Waals surface area contributed by atoms with Crippen molar-refractivity contribution < 1.29 is 9.90 Å². The van der Waals surface area contributed by atoms with Crippen LogP contribution in [0.15, 0.2) is 18.2 Å². The molecule has 0 aromatic heterocycles. The van der Waals surface area contributed by atoms with Crippen LogP contribution in [0, 0.1) is 0 Å². The zero-order valence-corrected chi connectivity index (χ0v) is 13.7. The summed E-state index contributed by atoms with van der Waals surface area (Å²) >= 11 is 0. The Bertz CT molecular complexity index is 470. The zero-order chi connectivity index (χ0) is 14.5. The van der Waals surface area contributed by atoms with E-state index in [0.717, 1.165) is 50.8 Å². The third kappa shape index (κ3) is 4.21. The van der Waals surface area contributed by atoms with Gasteiger partial charge in [-0.3, -0.25) is 0 Å².